The summed E-state index contributed by atoms with van der Waals surface area (Å²) in [6.07, 6.45) is -4.03. The number of hydrogen-bond acceptors (Lipinski definition) is 9. The second kappa shape index (κ2) is 14.8. The molecule has 0 heterocycles. The second-order valence-electron chi connectivity index (χ2n) is 2.99. The minimum atomic E-state index is -1.44. The van der Waals surface area contributed by atoms with Gasteiger partial charge in [0.25, 0.3) is 0 Å². The molecule has 0 aliphatic heterocycles. The van der Waals surface area contributed by atoms with Crippen LogP contribution in [0.4, 0.5) is 0 Å². The Hall–Kier alpha value is -1.28. The van der Waals surface area contributed by atoms with E-state index in [9.17, 15) is 29.7 Å². The molecule has 2 radical (unpaired) electrons. The van der Waals surface area contributed by atoms with Crippen molar-refractivity contribution in [1.29, 1.82) is 0 Å². The van der Waals surface area contributed by atoms with Crippen LogP contribution in [0.2, 0.25) is 0 Å². The topological polar surface area (TPSA) is 181 Å². The van der Waals surface area contributed by atoms with E-state index < -0.39 is 36.2 Å². The van der Waals surface area contributed by atoms with Crippen molar-refractivity contribution in [2.24, 2.45) is 0 Å². The van der Waals surface area contributed by atoms with Crippen LogP contribution < -0.4 is 15.3 Å². The molecule has 19 heavy (non-hydrogen) atoms. The Labute approximate surface area is 113 Å². The van der Waals surface area contributed by atoms with Gasteiger partial charge in [0.1, 0.15) is 0 Å². The van der Waals surface area contributed by atoms with Crippen molar-refractivity contribution < 1.29 is 45.0 Å². The number of aliphatic hydroxyl groups excluding tert-OH is 3. The zero-order valence-electron chi connectivity index (χ0n) is 10.5. The molecule has 0 aliphatic carbocycles. The van der Waals surface area contributed by atoms with Crippen LogP contribution in [-0.2, 0) is 14.4 Å². The average molecular weight is 298 g/mol. The minimum Gasteiger partial charge on any atom is -0.547 e. The number of carboxylic acids is 3. The van der Waals surface area contributed by atoms with Crippen molar-refractivity contribution in [3.8, 4) is 0 Å². The molecule has 0 spiro atoms. The number of aliphatic carboxylic acids is 3. The molecule has 110 valence electrons. The van der Waals surface area contributed by atoms with Crippen LogP contribution in [0.3, 0.4) is 0 Å². The first-order valence-electron chi connectivity index (χ1n) is 4.60. The van der Waals surface area contributed by atoms with Gasteiger partial charge in [0.05, 0.1) is 36.2 Å². The van der Waals surface area contributed by atoms with Crippen molar-refractivity contribution in [2.75, 3.05) is 0 Å². The third-order valence-electron chi connectivity index (χ3n) is 1.02. The maximum Gasteiger partial charge on any atom is 3.00 e. The van der Waals surface area contributed by atoms with Gasteiger partial charge < -0.3 is 45.0 Å². The third kappa shape index (κ3) is 31.5. The van der Waals surface area contributed by atoms with Crippen LogP contribution >= 0.6 is 9.90 Å². The van der Waals surface area contributed by atoms with Crippen molar-refractivity contribution in [3.63, 3.8) is 0 Å². The smallest absolute Gasteiger partial charge is 0.547 e. The van der Waals surface area contributed by atoms with Crippen molar-refractivity contribution >= 4 is 27.8 Å². The first-order valence-corrected chi connectivity index (χ1v) is 4.60. The van der Waals surface area contributed by atoms with Crippen molar-refractivity contribution in [3.05, 3.63) is 0 Å². The maximum atomic E-state index is 9.34. The predicted octanol–water partition coefficient (Wildman–Crippen LogP) is -4.79. The number of carbonyl (C=O) groups excluding carboxylic acids is 3. The van der Waals surface area contributed by atoms with Crippen LogP contribution in [0.15, 0.2) is 0 Å². The van der Waals surface area contributed by atoms with Crippen LogP contribution in [-0.4, -0.2) is 51.5 Å². The Balaban J connectivity index is -0.0000000865. The predicted molar refractivity (Wildman–Crippen MR) is 57.0 cm³/mol. The Morgan fingerprint density at radius 3 is 0.737 bits per heavy atom. The molecule has 0 saturated carbocycles. The van der Waals surface area contributed by atoms with E-state index in [4.69, 9.17) is 15.3 Å². The van der Waals surface area contributed by atoms with Crippen LogP contribution in [0.1, 0.15) is 20.8 Å². The van der Waals surface area contributed by atoms with Crippen molar-refractivity contribution in [2.45, 2.75) is 39.1 Å². The summed E-state index contributed by atoms with van der Waals surface area (Å²) >= 11 is 0. The van der Waals surface area contributed by atoms with Gasteiger partial charge in [0.2, 0.25) is 0 Å². The van der Waals surface area contributed by atoms with Gasteiger partial charge in [-0.2, -0.15) is 0 Å². The monoisotopic (exact) mass is 298 g/mol. The van der Waals surface area contributed by atoms with E-state index >= 15 is 0 Å². The third-order valence-corrected chi connectivity index (χ3v) is 1.02. The summed E-state index contributed by atoms with van der Waals surface area (Å²) < 4.78 is 0. The molecule has 3 unspecified atom stereocenters. The van der Waals surface area contributed by atoms with Gasteiger partial charge >= 0.3 is 9.90 Å². The van der Waals surface area contributed by atoms with Gasteiger partial charge in [-0.15, -0.1) is 0 Å². The molecule has 0 fully saturated rings. The van der Waals surface area contributed by atoms with E-state index in [-0.39, 0.29) is 9.90 Å². The summed E-state index contributed by atoms with van der Waals surface area (Å²) in [6.45, 7) is 3.40. The van der Waals surface area contributed by atoms with Crippen LogP contribution in [0.5, 0.6) is 0 Å². The molecular formula is C9H15O9P. The molecule has 0 aromatic rings. The van der Waals surface area contributed by atoms with Gasteiger partial charge in [-0.3, -0.25) is 0 Å². The summed E-state index contributed by atoms with van der Waals surface area (Å²) in [4.78, 5) is 28.0. The second-order valence-corrected chi connectivity index (χ2v) is 2.99. The molecule has 0 saturated heterocycles. The summed E-state index contributed by atoms with van der Waals surface area (Å²) in [6, 6.07) is 0. The maximum absolute atomic E-state index is 9.34. The average Bonchev–Trinajstić information content (AvgIpc) is 2.18. The Kier molecular flexibility index (Phi) is 20.5. The van der Waals surface area contributed by atoms with Gasteiger partial charge in [-0.1, -0.05) is 0 Å². The fourth-order valence-corrected chi connectivity index (χ4v) is 0. The molecule has 0 bridgehead atoms. The van der Waals surface area contributed by atoms with Crippen molar-refractivity contribution in [1.82, 2.24) is 0 Å². The molecule has 0 amide bonds. The fraction of sp³-hybridized carbons (Fsp3) is 0.667. The van der Waals surface area contributed by atoms with E-state index in [0.29, 0.717) is 0 Å². The SMILES string of the molecule is CC(O)C(=O)[O-].CC(O)C(=O)[O-].CC(O)C(=O)[O-].[P+3]. The molecule has 0 aromatic heterocycles. The number of rotatable bonds is 3. The van der Waals surface area contributed by atoms with Crippen LogP contribution in [0.25, 0.3) is 0 Å². The van der Waals surface area contributed by atoms with Crippen LogP contribution in [0, 0.1) is 0 Å². The van der Waals surface area contributed by atoms with Gasteiger partial charge in [0, 0.05) is 0 Å². The number of carboxylic acid groups (broad SMARTS) is 3. The Bertz CT molecular complexity index is 220. The summed E-state index contributed by atoms with van der Waals surface area (Å²) in [5, 5.41) is 51.9. The quantitative estimate of drug-likeness (QED) is 0.430. The number of carbonyl (C=O) groups is 3. The van der Waals surface area contributed by atoms with Gasteiger partial charge in [-0.25, -0.2) is 0 Å². The molecule has 9 nitrogen and oxygen atoms in total. The summed E-state index contributed by atoms with van der Waals surface area (Å²) in [5.74, 6) is -4.31. The van der Waals surface area contributed by atoms with E-state index in [2.05, 4.69) is 0 Å². The standard InChI is InChI=1S/3C3H6O3.P/c3*1-2(4)3(5)6;/h3*2,4H,1H3,(H,5,6);/q;;;+3/p-3. The normalized spacial score (nSPS) is 12.9. The molecule has 10 heteroatoms. The zero-order chi connectivity index (χ0) is 15.5. The number of hydrogen-bond donors (Lipinski definition) is 3. The molecule has 3 atom stereocenters. The summed E-state index contributed by atoms with van der Waals surface area (Å²) in [5.41, 5.74) is 0. The fourth-order valence-electron chi connectivity index (χ4n) is 0. The molecule has 0 rings (SSSR count). The minimum absolute atomic E-state index is 0. The van der Waals surface area contributed by atoms with E-state index in [1.54, 1.807) is 0 Å². The zero-order valence-corrected chi connectivity index (χ0v) is 11.4. The Morgan fingerprint density at radius 1 is 0.684 bits per heavy atom. The molecule has 0 aromatic carbocycles. The van der Waals surface area contributed by atoms with Gasteiger partial charge in [0.15, 0.2) is 0 Å². The Morgan fingerprint density at radius 2 is 0.737 bits per heavy atom. The molecule has 3 N–H and O–H groups in total. The first-order chi connectivity index (χ1) is 7.93. The number of aliphatic hydroxyl groups is 3. The first kappa shape index (κ1) is 26.3. The molecular weight excluding hydrogens is 283 g/mol. The van der Waals surface area contributed by atoms with E-state index in [0.717, 1.165) is 20.8 Å². The molecule has 0 aliphatic rings. The van der Waals surface area contributed by atoms with Gasteiger partial charge in [-0.05, 0) is 20.8 Å². The van der Waals surface area contributed by atoms with E-state index in [1.165, 1.54) is 0 Å². The largest absolute Gasteiger partial charge is 3.00 e. The van der Waals surface area contributed by atoms with E-state index in [1.807, 2.05) is 0 Å². The summed E-state index contributed by atoms with van der Waals surface area (Å²) in [7, 11) is 0.